The Morgan fingerprint density at radius 3 is 2.67 bits per heavy atom. The molecule has 0 saturated carbocycles. The molecule has 1 aliphatic rings. The molecule has 1 rings (SSSR count). The van der Waals surface area contributed by atoms with Crippen LogP contribution in [0.3, 0.4) is 0 Å². The highest BCUT2D eigenvalue weighted by molar-refractivity contribution is 8.06. The van der Waals surface area contributed by atoms with Crippen molar-refractivity contribution in [2.45, 2.75) is 18.9 Å². The van der Waals surface area contributed by atoms with Gasteiger partial charge in [0.25, 0.3) is 5.91 Å². The Bertz CT molecular complexity index is 259. The molecule has 0 bridgehead atoms. The summed E-state index contributed by atoms with van der Waals surface area (Å²) in [7, 11) is 1.85. The van der Waals surface area contributed by atoms with Crippen molar-refractivity contribution in [3.63, 3.8) is 0 Å². The molecule has 0 atom stereocenters. The number of amides is 1. The zero-order valence-corrected chi connectivity index (χ0v) is 9.98. The molecule has 1 heterocycles. The van der Waals surface area contributed by atoms with Crippen molar-refractivity contribution in [2.24, 2.45) is 0 Å². The van der Waals surface area contributed by atoms with Gasteiger partial charge in [0.15, 0.2) is 0 Å². The van der Waals surface area contributed by atoms with Gasteiger partial charge in [-0.25, -0.2) is 0 Å². The number of carbonyl (C=O) groups excluding carboxylic acids is 1. The van der Waals surface area contributed by atoms with Crippen LogP contribution in [0.5, 0.6) is 0 Å². The summed E-state index contributed by atoms with van der Waals surface area (Å²) < 4.78 is 0. The number of piperidine rings is 1. The Hall–Kier alpha value is -0.740. The Kier molecular flexibility index (Phi) is 4.91. The van der Waals surface area contributed by atoms with E-state index >= 15 is 0 Å². The molecule has 84 valence electrons. The van der Waals surface area contributed by atoms with Crippen LogP contribution in [0.25, 0.3) is 0 Å². The third kappa shape index (κ3) is 3.39. The highest BCUT2D eigenvalue weighted by Gasteiger charge is 2.23. The van der Waals surface area contributed by atoms with Crippen LogP contribution in [0, 0.1) is 0 Å². The molecule has 1 N–H and O–H groups in total. The summed E-state index contributed by atoms with van der Waals surface area (Å²) >= 11 is 1.29. The average molecular weight is 226 g/mol. The Labute approximate surface area is 95.6 Å². The maximum Gasteiger partial charge on any atom is 0.259 e. The summed E-state index contributed by atoms with van der Waals surface area (Å²) in [5.74, 6) is 0.0202. The number of likely N-dealkylation sites (N-methyl/N-ethyl adjacent to an activating group) is 1. The second-order valence-corrected chi connectivity index (χ2v) is 4.67. The molecule has 3 nitrogen and oxygen atoms in total. The predicted molar refractivity (Wildman–Crippen MR) is 65.6 cm³/mol. The number of rotatable bonds is 4. The lowest BCUT2D eigenvalue weighted by molar-refractivity contribution is -0.127. The van der Waals surface area contributed by atoms with Gasteiger partial charge in [0, 0.05) is 13.1 Å². The van der Waals surface area contributed by atoms with E-state index in [-0.39, 0.29) is 5.91 Å². The van der Waals surface area contributed by atoms with Gasteiger partial charge < -0.3 is 10.2 Å². The maximum atomic E-state index is 11.9. The van der Waals surface area contributed by atoms with Gasteiger partial charge in [-0.3, -0.25) is 4.79 Å². The van der Waals surface area contributed by atoms with E-state index in [1.165, 1.54) is 11.8 Å². The Balaban J connectivity index is 2.50. The van der Waals surface area contributed by atoms with Crippen molar-refractivity contribution >= 4 is 17.7 Å². The minimum Gasteiger partial charge on any atom is -0.338 e. The largest absolute Gasteiger partial charge is 0.338 e. The van der Waals surface area contributed by atoms with Crippen molar-refractivity contribution in [1.82, 2.24) is 10.2 Å². The monoisotopic (exact) mass is 226 g/mol. The van der Waals surface area contributed by atoms with Crippen LogP contribution in [0.1, 0.15) is 12.8 Å². The van der Waals surface area contributed by atoms with Gasteiger partial charge in [-0.2, -0.15) is 0 Å². The van der Waals surface area contributed by atoms with E-state index in [0.29, 0.717) is 10.9 Å². The lowest BCUT2D eigenvalue weighted by Gasteiger charge is -2.31. The molecule has 0 aromatic heterocycles. The van der Waals surface area contributed by atoms with Crippen LogP contribution in [-0.2, 0) is 4.79 Å². The molecule has 0 aliphatic carbocycles. The van der Waals surface area contributed by atoms with Crippen LogP contribution in [-0.4, -0.2) is 37.0 Å². The summed E-state index contributed by atoms with van der Waals surface area (Å²) in [5.41, 5.74) is 0. The van der Waals surface area contributed by atoms with Gasteiger partial charge in [-0.1, -0.05) is 24.9 Å². The minimum atomic E-state index is 0.0202. The Morgan fingerprint density at radius 1 is 1.53 bits per heavy atom. The molecular weight excluding hydrogens is 208 g/mol. The lowest BCUT2D eigenvalue weighted by Crippen LogP contribution is -2.44. The van der Waals surface area contributed by atoms with Gasteiger partial charge >= 0.3 is 0 Å². The van der Waals surface area contributed by atoms with Gasteiger partial charge in [-0.05, 0) is 31.3 Å². The molecule has 0 aromatic carbocycles. The molecule has 4 heteroatoms. The fourth-order valence-corrected chi connectivity index (χ4v) is 2.15. The van der Waals surface area contributed by atoms with Crippen LogP contribution < -0.4 is 5.32 Å². The number of nitrogens with zero attached hydrogens (tertiary/aromatic N) is 1. The van der Waals surface area contributed by atoms with E-state index < -0.39 is 0 Å². The first-order valence-electron chi connectivity index (χ1n) is 5.11. The van der Waals surface area contributed by atoms with E-state index in [0.717, 1.165) is 25.9 Å². The standard InChI is InChI=1S/C11H18N2OS/c1-4-15-9(2)11(14)13(3)10-5-7-12-8-6-10/h4,10,12H,1-2,5-8H2,3H3. The maximum absolute atomic E-state index is 11.9. The van der Waals surface area contributed by atoms with E-state index in [1.54, 1.807) is 10.3 Å². The van der Waals surface area contributed by atoms with Crippen molar-refractivity contribution in [2.75, 3.05) is 20.1 Å². The second-order valence-electron chi connectivity index (χ2n) is 3.60. The topological polar surface area (TPSA) is 32.3 Å². The zero-order valence-electron chi connectivity index (χ0n) is 9.16. The smallest absolute Gasteiger partial charge is 0.259 e. The van der Waals surface area contributed by atoms with Crippen molar-refractivity contribution in [3.8, 4) is 0 Å². The lowest BCUT2D eigenvalue weighted by atomic mass is 10.1. The van der Waals surface area contributed by atoms with Gasteiger partial charge in [0.2, 0.25) is 0 Å². The zero-order chi connectivity index (χ0) is 11.3. The number of nitrogens with one attached hydrogen (secondary N) is 1. The number of hydrogen-bond donors (Lipinski definition) is 1. The second kappa shape index (κ2) is 5.98. The summed E-state index contributed by atoms with van der Waals surface area (Å²) in [6, 6.07) is 0.348. The van der Waals surface area contributed by atoms with Crippen molar-refractivity contribution < 1.29 is 4.79 Å². The van der Waals surface area contributed by atoms with E-state index in [2.05, 4.69) is 18.5 Å². The highest BCUT2D eigenvalue weighted by Crippen LogP contribution is 2.19. The molecule has 0 unspecified atom stereocenters. The normalized spacial score (nSPS) is 17.1. The average Bonchev–Trinajstić information content (AvgIpc) is 2.28. The highest BCUT2D eigenvalue weighted by atomic mass is 32.2. The van der Waals surface area contributed by atoms with E-state index in [1.807, 2.05) is 7.05 Å². The van der Waals surface area contributed by atoms with Gasteiger partial charge in [0.05, 0.1) is 4.91 Å². The molecule has 1 amide bonds. The number of carbonyl (C=O) groups is 1. The third-order valence-corrected chi connectivity index (χ3v) is 3.27. The summed E-state index contributed by atoms with van der Waals surface area (Å²) in [6.45, 7) is 9.30. The molecule has 15 heavy (non-hydrogen) atoms. The minimum absolute atomic E-state index is 0.0202. The summed E-state index contributed by atoms with van der Waals surface area (Å²) in [4.78, 5) is 14.2. The quantitative estimate of drug-likeness (QED) is 0.739. The van der Waals surface area contributed by atoms with Gasteiger partial charge in [0.1, 0.15) is 0 Å². The predicted octanol–water partition coefficient (Wildman–Crippen LogP) is 1.59. The van der Waals surface area contributed by atoms with Crippen LogP contribution in [0.4, 0.5) is 0 Å². The summed E-state index contributed by atoms with van der Waals surface area (Å²) in [5, 5.41) is 4.92. The molecule has 0 spiro atoms. The first kappa shape index (κ1) is 12.3. The molecule has 0 aromatic rings. The third-order valence-electron chi connectivity index (χ3n) is 2.64. The Morgan fingerprint density at radius 2 is 2.13 bits per heavy atom. The van der Waals surface area contributed by atoms with Crippen LogP contribution in [0.2, 0.25) is 0 Å². The summed E-state index contributed by atoms with van der Waals surface area (Å²) in [6.07, 6.45) is 2.04. The van der Waals surface area contributed by atoms with Crippen molar-refractivity contribution in [1.29, 1.82) is 0 Å². The SMILES string of the molecule is C=CSC(=C)C(=O)N(C)C1CCNCC1. The molecule has 1 fully saturated rings. The van der Waals surface area contributed by atoms with Gasteiger partial charge in [-0.15, -0.1) is 0 Å². The van der Waals surface area contributed by atoms with Crippen LogP contribution >= 0.6 is 11.8 Å². The fourth-order valence-electron chi connectivity index (χ4n) is 1.71. The first-order valence-corrected chi connectivity index (χ1v) is 5.99. The number of hydrogen-bond acceptors (Lipinski definition) is 3. The van der Waals surface area contributed by atoms with E-state index in [4.69, 9.17) is 0 Å². The van der Waals surface area contributed by atoms with Crippen LogP contribution in [0.15, 0.2) is 23.5 Å². The molecule has 1 saturated heterocycles. The molecule has 0 radical (unpaired) electrons. The number of thioether (sulfide) groups is 1. The molecule has 1 aliphatic heterocycles. The van der Waals surface area contributed by atoms with Crippen molar-refractivity contribution in [3.05, 3.63) is 23.5 Å². The first-order chi connectivity index (χ1) is 7.16. The molecular formula is C11H18N2OS. The fraction of sp³-hybridized carbons (Fsp3) is 0.545. The van der Waals surface area contributed by atoms with E-state index in [9.17, 15) is 4.79 Å².